The molecule has 0 amide bonds. The lowest BCUT2D eigenvalue weighted by molar-refractivity contribution is -0.160. The van der Waals surface area contributed by atoms with Gasteiger partial charge in [-0.05, 0) is 40.2 Å². The van der Waals surface area contributed by atoms with E-state index in [1.807, 2.05) is 0 Å². The maximum absolute atomic E-state index is 11.4. The first kappa shape index (κ1) is 13.1. The van der Waals surface area contributed by atoms with E-state index in [9.17, 15) is 9.59 Å². The summed E-state index contributed by atoms with van der Waals surface area (Å²) in [5, 5.41) is 0. The minimum Gasteiger partial charge on any atom is -0.459 e. The van der Waals surface area contributed by atoms with E-state index >= 15 is 0 Å². The van der Waals surface area contributed by atoms with Gasteiger partial charge in [0.15, 0.2) is 0 Å². The van der Waals surface area contributed by atoms with Gasteiger partial charge in [-0.3, -0.25) is 4.79 Å². The minimum atomic E-state index is -0.669. The molecule has 1 unspecified atom stereocenters. The zero-order chi connectivity index (χ0) is 11.2. The summed E-state index contributed by atoms with van der Waals surface area (Å²) in [4.78, 5) is 22.0. The number of hydrogen-bond acceptors (Lipinski definition) is 4. The number of aldehydes is 1. The van der Waals surface area contributed by atoms with Crippen molar-refractivity contribution in [3.8, 4) is 0 Å². The van der Waals surface area contributed by atoms with Gasteiger partial charge in [-0.1, -0.05) is 0 Å². The molecule has 0 rings (SSSR count). The highest BCUT2D eigenvalue weighted by molar-refractivity contribution is 5.87. The van der Waals surface area contributed by atoms with E-state index in [0.717, 1.165) is 0 Å². The van der Waals surface area contributed by atoms with Crippen LogP contribution in [0.5, 0.6) is 0 Å². The van der Waals surface area contributed by atoms with Crippen LogP contribution in [0.4, 0.5) is 0 Å². The zero-order valence-electron chi connectivity index (χ0n) is 9.08. The van der Waals surface area contributed by atoms with Crippen LogP contribution in [0.1, 0.15) is 33.6 Å². The lowest BCUT2D eigenvalue weighted by Gasteiger charge is -2.21. The second-order valence-electron chi connectivity index (χ2n) is 4.21. The average Bonchev–Trinajstić information content (AvgIpc) is 2.02. The predicted octanol–water partition coefficient (Wildman–Crippen LogP) is 0.882. The Morgan fingerprint density at radius 2 is 2.07 bits per heavy atom. The predicted molar refractivity (Wildman–Crippen MR) is 53.7 cm³/mol. The molecule has 4 nitrogen and oxygen atoms in total. The van der Waals surface area contributed by atoms with E-state index in [1.54, 1.807) is 20.8 Å². The SMILES string of the molecule is CC(C)(C)OC(=O)C(C=O)CCCN. The van der Waals surface area contributed by atoms with Crippen molar-refractivity contribution in [3.63, 3.8) is 0 Å². The highest BCUT2D eigenvalue weighted by atomic mass is 16.6. The Bertz CT molecular complexity index is 196. The molecule has 0 saturated heterocycles. The molecule has 82 valence electrons. The van der Waals surface area contributed by atoms with Crippen LogP contribution >= 0.6 is 0 Å². The van der Waals surface area contributed by atoms with Crippen molar-refractivity contribution in [3.05, 3.63) is 0 Å². The first-order valence-corrected chi connectivity index (χ1v) is 4.79. The van der Waals surface area contributed by atoms with Gasteiger partial charge in [-0.15, -0.1) is 0 Å². The van der Waals surface area contributed by atoms with E-state index in [4.69, 9.17) is 10.5 Å². The van der Waals surface area contributed by atoms with Crippen LogP contribution in [-0.4, -0.2) is 24.4 Å². The summed E-state index contributed by atoms with van der Waals surface area (Å²) in [5.74, 6) is -1.13. The number of carbonyl (C=O) groups is 2. The summed E-state index contributed by atoms with van der Waals surface area (Å²) >= 11 is 0. The summed E-state index contributed by atoms with van der Waals surface area (Å²) in [7, 11) is 0. The third-order valence-corrected chi connectivity index (χ3v) is 1.59. The quantitative estimate of drug-likeness (QED) is 0.407. The molecule has 0 fully saturated rings. The first-order chi connectivity index (χ1) is 6.40. The molecular weight excluding hydrogens is 182 g/mol. The molecule has 2 N–H and O–H groups in total. The van der Waals surface area contributed by atoms with Gasteiger partial charge < -0.3 is 15.3 Å². The number of esters is 1. The molecule has 0 aliphatic carbocycles. The maximum Gasteiger partial charge on any atom is 0.316 e. The van der Waals surface area contributed by atoms with Crippen LogP contribution in [0.15, 0.2) is 0 Å². The molecule has 0 spiro atoms. The summed E-state index contributed by atoms with van der Waals surface area (Å²) < 4.78 is 5.08. The van der Waals surface area contributed by atoms with Crippen LogP contribution in [0.2, 0.25) is 0 Å². The topological polar surface area (TPSA) is 69.4 Å². The normalized spacial score (nSPS) is 13.4. The van der Waals surface area contributed by atoms with Crippen LogP contribution in [0.25, 0.3) is 0 Å². The fraction of sp³-hybridized carbons (Fsp3) is 0.800. The van der Waals surface area contributed by atoms with Crippen LogP contribution in [0, 0.1) is 5.92 Å². The molecule has 0 saturated carbocycles. The Kier molecular flexibility index (Phi) is 5.38. The highest BCUT2D eigenvalue weighted by Gasteiger charge is 2.23. The van der Waals surface area contributed by atoms with Crippen molar-refractivity contribution in [2.24, 2.45) is 11.7 Å². The second-order valence-corrected chi connectivity index (χ2v) is 4.21. The Morgan fingerprint density at radius 3 is 2.43 bits per heavy atom. The molecule has 0 aromatic heterocycles. The van der Waals surface area contributed by atoms with Crippen LogP contribution < -0.4 is 5.73 Å². The smallest absolute Gasteiger partial charge is 0.316 e. The Balaban J connectivity index is 4.11. The molecular formula is C10H19NO3. The number of carbonyl (C=O) groups excluding carboxylic acids is 2. The monoisotopic (exact) mass is 201 g/mol. The van der Waals surface area contributed by atoms with Gasteiger partial charge in [-0.2, -0.15) is 0 Å². The van der Waals surface area contributed by atoms with Gasteiger partial charge in [0.1, 0.15) is 17.8 Å². The van der Waals surface area contributed by atoms with E-state index in [2.05, 4.69) is 0 Å². The lowest BCUT2D eigenvalue weighted by atomic mass is 10.0. The number of nitrogens with two attached hydrogens (primary N) is 1. The summed E-state index contributed by atoms with van der Waals surface area (Å²) in [6.45, 7) is 5.80. The van der Waals surface area contributed by atoms with E-state index in [0.29, 0.717) is 25.7 Å². The average molecular weight is 201 g/mol. The molecule has 0 bridgehead atoms. The van der Waals surface area contributed by atoms with E-state index < -0.39 is 17.5 Å². The lowest BCUT2D eigenvalue weighted by Crippen LogP contribution is -2.29. The van der Waals surface area contributed by atoms with Crippen molar-refractivity contribution in [1.29, 1.82) is 0 Å². The Morgan fingerprint density at radius 1 is 1.50 bits per heavy atom. The minimum absolute atomic E-state index is 0.457. The molecule has 14 heavy (non-hydrogen) atoms. The van der Waals surface area contributed by atoms with Crippen molar-refractivity contribution >= 4 is 12.3 Å². The fourth-order valence-electron chi connectivity index (χ4n) is 0.957. The number of rotatable bonds is 5. The van der Waals surface area contributed by atoms with Gasteiger partial charge >= 0.3 is 5.97 Å². The first-order valence-electron chi connectivity index (χ1n) is 4.79. The summed E-state index contributed by atoms with van der Waals surface area (Å²) in [6.07, 6.45) is 1.75. The zero-order valence-corrected chi connectivity index (χ0v) is 9.08. The van der Waals surface area contributed by atoms with Gasteiger partial charge in [0.25, 0.3) is 0 Å². The molecule has 0 aromatic carbocycles. The van der Waals surface area contributed by atoms with Crippen molar-refractivity contribution in [2.75, 3.05) is 6.54 Å². The van der Waals surface area contributed by atoms with Crippen molar-refractivity contribution < 1.29 is 14.3 Å². The van der Waals surface area contributed by atoms with Crippen LogP contribution in [0.3, 0.4) is 0 Å². The molecule has 0 heterocycles. The van der Waals surface area contributed by atoms with Gasteiger partial charge in [0.05, 0.1) is 0 Å². The Labute approximate surface area is 84.8 Å². The molecule has 0 radical (unpaired) electrons. The standard InChI is InChI=1S/C10H19NO3/c1-10(2,3)14-9(13)8(7-12)5-4-6-11/h7-8H,4-6,11H2,1-3H3. The summed E-state index contributed by atoms with van der Waals surface area (Å²) in [6, 6.07) is 0. The number of ether oxygens (including phenoxy) is 1. The molecule has 0 aliphatic rings. The van der Waals surface area contributed by atoms with Crippen molar-refractivity contribution in [2.45, 2.75) is 39.2 Å². The third-order valence-electron chi connectivity index (χ3n) is 1.59. The highest BCUT2D eigenvalue weighted by Crippen LogP contribution is 2.13. The maximum atomic E-state index is 11.4. The molecule has 1 atom stereocenters. The van der Waals surface area contributed by atoms with Gasteiger partial charge in [0, 0.05) is 0 Å². The van der Waals surface area contributed by atoms with Crippen molar-refractivity contribution in [1.82, 2.24) is 0 Å². The molecule has 0 aliphatic heterocycles. The van der Waals surface area contributed by atoms with E-state index in [-0.39, 0.29) is 0 Å². The van der Waals surface area contributed by atoms with Crippen LogP contribution in [-0.2, 0) is 14.3 Å². The third kappa shape index (κ3) is 5.70. The summed E-state index contributed by atoms with van der Waals surface area (Å²) in [5.41, 5.74) is 4.75. The van der Waals surface area contributed by atoms with E-state index in [1.165, 1.54) is 0 Å². The van der Waals surface area contributed by atoms with Gasteiger partial charge in [0.2, 0.25) is 0 Å². The number of hydrogen-bond donors (Lipinski definition) is 1. The fourth-order valence-corrected chi connectivity index (χ4v) is 0.957. The molecule has 4 heteroatoms. The molecule has 0 aromatic rings. The second kappa shape index (κ2) is 5.75. The van der Waals surface area contributed by atoms with Gasteiger partial charge in [-0.25, -0.2) is 0 Å². The Hall–Kier alpha value is -0.900. The largest absolute Gasteiger partial charge is 0.459 e.